The standard InChI is InChI=1S/C11H22N2O2/c1-4-13(3)11(14)9(2)12-10-5-7-15-8-6-10/h9-10,12H,4-8H2,1-3H3. The molecule has 1 unspecified atom stereocenters. The van der Waals surface area contributed by atoms with E-state index in [1.807, 2.05) is 20.9 Å². The summed E-state index contributed by atoms with van der Waals surface area (Å²) >= 11 is 0. The number of carbonyl (C=O) groups is 1. The van der Waals surface area contributed by atoms with Gasteiger partial charge in [0.15, 0.2) is 0 Å². The first-order valence-corrected chi connectivity index (χ1v) is 5.74. The van der Waals surface area contributed by atoms with Crippen LogP contribution in [-0.4, -0.2) is 49.7 Å². The smallest absolute Gasteiger partial charge is 0.239 e. The molecule has 1 aliphatic rings. The number of ether oxygens (including phenoxy) is 1. The molecule has 1 amide bonds. The second kappa shape index (κ2) is 6.08. The largest absolute Gasteiger partial charge is 0.381 e. The quantitative estimate of drug-likeness (QED) is 0.746. The third-order valence-electron chi connectivity index (χ3n) is 2.93. The number of likely N-dealkylation sites (N-methyl/N-ethyl adjacent to an activating group) is 1. The van der Waals surface area contributed by atoms with Crippen molar-refractivity contribution in [3.63, 3.8) is 0 Å². The molecule has 88 valence electrons. The molecule has 0 bridgehead atoms. The van der Waals surface area contributed by atoms with Gasteiger partial charge in [0.25, 0.3) is 0 Å². The summed E-state index contributed by atoms with van der Waals surface area (Å²) in [5.74, 6) is 0.170. The highest BCUT2D eigenvalue weighted by molar-refractivity contribution is 5.81. The van der Waals surface area contributed by atoms with Crippen LogP contribution in [0.5, 0.6) is 0 Å². The van der Waals surface area contributed by atoms with E-state index in [1.54, 1.807) is 4.90 Å². The van der Waals surface area contributed by atoms with Crippen LogP contribution in [-0.2, 0) is 9.53 Å². The van der Waals surface area contributed by atoms with Crippen LogP contribution in [0.4, 0.5) is 0 Å². The van der Waals surface area contributed by atoms with Crippen molar-refractivity contribution in [2.45, 2.75) is 38.8 Å². The lowest BCUT2D eigenvalue weighted by molar-refractivity contribution is -0.131. The molecule has 0 radical (unpaired) electrons. The summed E-state index contributed by atoms with van der Waals surface area (Å²) in [7, 11) is 1.84. The van der Waals surface area contributed by atoms with Crippen molar-refractivity contribution in [1.82, 2.24) is 10.2 Å². The average Bonchev–Trinajstić information content (AvgIpc) is 2.28. The van der Waals surface area contributed by atoms with E-state index in [0.717, 1.165) is 32.6 Å². The summed E-state index contributed by atoms with van der Waals surface area (Å²) in [5, 5.41) is 3.36. The fraction of sp³-hybridized carbons (Fsp3) is 0.909. The lowest BCUT2D eigenvalue weighted by atomic mass is 10.1. The minimum atomic E-state index is -0.0851. The fourth-order valence-electron chi connectivity index (χ4n) is 1.78. The SMILES string of the molecule is CCN(C)C(=O)C(C)NC1CCOCC1. The normalized spacial score (nSPS) is 19.9. The highest BCUT2D eigenvalue weighted by Crippen LogP contribution is 2.07. The van der Waals surface area contributed by atoms with Gasteiger partial charge in [-0.1, -0.05) is 0 Å². The van der Waals surface area contributed by atoms with E-state index < -0.39 is 0 Å². The molecule has 0 aromatic carbocycles. The zero-order chi connectivity index (χ0) is 11.3. The zero-order valence-electron chi connectivity index (χ0n) is 9.95. The van der Waals surface area contributed by atoms with Crippen molar-refractivity contribution in [3.05, 3.63) is 0 Å². The van der Waals surface area contributed by atoms with E-state index in [-0.39, 0.29) is 11.9 Å². The minimum Gasteiger partial charge on any atom is -0.381 e. The molecular weight excluding hydrogens is 192 g/mol. The second-order valence-corrected chi connectivity index (χ2v) is 4.13. The van der Waals surface area contributed by atoms with Gasteiger partial charge in [-0.25, -0.2) is 0 Å². The summed E-state index contributed by atoms with van der Waals surface area (Å²) in [5.41, 5.74) is 0. The molecule has 0 aliphatic carbocycles. The number of nitrogens with zero attached hydrogens (tertiary/aromatic N) is 1. The Hall–Kier alpha value is -0.610. The molecule has 1 saturated heterocycles. The maximum atomic E-state index is 11.8. The summed E-state index contributed by atoms with van der Waals surface area (Å²) in [6.07, 6.45) is 2.01. The summed E-state index contributed by atoms with van der Waals surface area (Å²) < 4.78 is 5.28. The van der Waals surface area contributed by atoms with Gasteiger partial charge >= 0.3 is 0 Å². The zero-order valence-corrected chi connectivity index (χ0v) is 9.95. The van der Waals surface area contributed by atoms with Crippen LogP contribution in [0.25, 0.3) is 0 Å². The van der Waals surface area contributed by atoms with Gasteiger partial charge in [-0.05, 0) is 26.7 Å². The van der Waals surface area contributed by atoms with Gasteiger partial charge in [-0.2, -0.15) is 0 Å². The van der Waals surface area contributed by atoms with Crippen LogP contribution in [0, 0.1) is 0 Å². The van der Waals surface area contributed by atoms with Crippen molar-refractivity contribution < 1.29 is 9.53 Å². The third-order valence-corrected chi connectivity index (χ3v) is 2.93. The molecule has 0 saturated carbocycles. The first-order chi connectivity index (χ1) is 7.15. The number of rotatable bonds is 4. The molecule has 1 heterocycles. The van der Waals surface area contributed by atoms with Crippen molar-refractivity contribution in [3.8, 4) is 0 Å². The first kappa shape index (κ1) is 12.5. The summed E-state index contributed by atoms with van der Waals surface area (Å²) in [4.78, 5) is 13.5. The van der Waals surface area contributed by atoms with Crippen LogP contribution >= 0.6 is 0 Å². The van der Waals surface area contributed by atoms with Gasteiger partial charge in [0.1, 0.15) is 0 Å². The number of carbonyl (C=O) groups excluding carboxylic acids is 1. The molecule has 1 N–H and O–H groups in total. The average molecular weight is 214 g/mol. The minimum absolute atomic E-state index is 0.0851. The molecule has 1 rings (SSSR count). The predicted octanol–water partition coefficient (Wildman–Crippen LogP) is 0.622. The van der Waals surface area contributed by atoms with Crippen molar-refractivity contribution >= 4 is 5.91 Å². The molecule has 1 fully saturated rings. The van der Waals surface area contributed by atoms with Gasteiger partial charge in [-0.15, -0.1) is 0 Å². The molecule has 1 atom stereocenters. The van der Waals surface area contributed by atoms with E-state index in [1.165, 1.54) is 0 Å². The van der Waals surface area contributed by atoms with Crippen LogP contribution in [0.3, 0.4) is 0 Å². The van der Waals surface area contributed by atoms with E-state index in [2.05, 4.69) is 5.32 Å². The number of nitrogens with one attached hydrogen (secondary N) is 1. The number of hydrogen-bond donors (Lipinski definition) is 1. The van der Waals surface area contributed by atoms with Crippen molar-refractivity contribution in [2.75, 3.05) is 26.8 Å². The lowest BCUT2D eigenvalue weighted by Crippen LogP contribution is -2.48. The van der Waals surface area contributed by atoms with Gasteiger partial charge in [0.05, 0.1) is 6.04 Å². The maximum absolute atomic E-state index is 11.8. The van der Waals surface area contributed by atoms with Gasteiger partial charge in [-0.3, -0.25) is 4.79 Å². The predicted molar refractivity (Wildman–Crippen MR) is 59.7 cm³/mol. The Balaban J connectivity index is 2.33. The highest BCUT2D eigenvalue weighted by atomic mass is 16.5. The Labute approximate surface area is 92.0 Å². The van der Waals surface area contributed by atoms with Gasteiger partial charge < -0.3 is 15.0 Å². The molecule has 15 heavy (non-hydrogen) atoms. The Morgan fingerprint density at radius 3 is 2.67 bits per heavy atom. The molecule has 1 aliphatic heterocycles. The molecule has 0 aromatic rings. The Bertz CT molecular complexity index is 203. The topological polar surface area (TPSA) is 41.6 Å². The molecule has 4 nitrogen and oxygen atoms in total. The molecule has 0 aromatic heterocycles. The molecule has 0 spiro atoms. The van der Waals surface area contributed by atoms with Crippen LogP contribution in [0.15, 0.2) is 0 Å². The fourth-order valence-corrected chi connectivity index (χ4v) is 1.78. The highest BCUT2D eigenvalue weighted by Gasteiger charge is 2.21. The van der Waals surface area contributed by atoms with Crippen LogP contribution in [0.2, 0.25) is 0 Å². The number of amides is 1. The Morgan fingerprint density at radius 2 is 2.13 bits per heavy atom. The second-order valence-electron chi connectivity index (χ2n) is 4.13. The summed E-state index contributed by atoms with van der Waals surface area (Å²) in [6.45, 7) is 6.30. The van der Waals surface area contributed by atoms with Gasteiger partial charge in [0.2, 0.25) is 5.91 Å². The first-order valence-electron chi connectivity index (χ1n) is 5.74. The molecule has 4 heteroatoms. The van der Waals surface area contributed by atoms with Crippen LogP contribution in [0.1, 0.15) is 26.7 Å². The lowest BCUT2D eigenvalue weighted by Gasteiger charge is -2.28. The van der Waals surface area contributed by atoms with Crippen molar-refractivity contribution in [2.24, 2.45) is 0 Å². The summed E-state index contributed by atoms with van der Waals surface area (Å²) in [6, 6.07) is 0.348. The maximum Gasteiger partial charge on any atom is 0.239 e. The van der Waals surface area contributed by atoms with E-state index >= 15 is 0 Å². The third kappa shape index (κ3) is 3.80. The van der Waals surface area contributed by atoms with Crippen molar-refractivity contribution in [1.29, 1.82) is 0 Å². The van der Waals surface area contributed by atoms with E-state index in [0.29, 0.717) is 6.04 Å². The Morgan fingerprint density at radius 1 is 1.53 bits per heavy atom. The Kier molecular flexibility index (Phi) is 5.05. The van der Waals surface area contributed by atoms with Gasteiger partial charge in [0, 0.05) is 32.8 Å². The number of hydrogen-bond acceptors (Lipinski definition) is 3. The van der Waals surface area contributed by atoms with E-state index in [9.17, 15) is 4.79 Å². The van der Waals surface area contributed by atoms with Crippen LogP contribution < -0.4 is 5.32 Å². The van der Waals surface area contributed by atoms with E-state index in [4.69, 9.17) is 4.74 Å². The monoisotopic (exact) mass is 214 g/mol. The molecular formula is C11H22N2O2.